The molecule has 0 spiro atoms. The van der Waals surface area contributed by atoms with Crippen LogP contribution in [0.2, 0.25) is 0 Å². The Bertz CT molecular complexity index is 469. The smallest absolute Gasteiger partial charge is 0.303 e. The van der Waals surface area contributed by atoms with Gasteiger partial charge in [-0.3, -0.25) is 4.79 Å². The Kier molecular flexibility index (Phi) is 10.4. The summed E-state index contributed by atoms with van der Waals surface area (Å²) in [6.07, 6.45) is 13.5. The number of carboxylic acid groups (broad SMARTS) is 1. The summed E-state index contributed by atoms with van der Waals surface area (Å²) in [5, 5.41) is 38.9. The van der Waals surface area contributed by atoms with E-state index in [-0.39, 0.29) is 18.3 Å². The summed E-state index contributed by atoms with van der Waals surface area (Å²) in [6, 6.07) is 0. The van der Waals surface area contributed by atoms with E-state index >= 15 is 0 Å². The minimum Gasteiger partial charge on any atom is -0.481 e. The van der Waals surface area contributed by atoms with E-state index in [1.54, 1.807) is 6.08 Å². The molecular formula is C20H32O5. The Morgan fingerprint density at radius 2 is 1.92 bits per heavy atom. The lowest BCUT2D eigenvalue weighted by atomic mass is 9.89. The SMILES string of the molecule is CC/C=C\C[C@@H](O)/C=C/[C@@H]1[C@H](C/C=C\CCCC(=O)O)[C@@H](O)C[C@@H]1O. The second-order valence-electron chi connectivity index (χ2n) is 6.67. The number of carboxylic acids is 1. The molecule has 5 nitrogen and oxygen atoms in total. The number of aliphatic carboxylic acids is 1. The number of rotatable bonds is 11. The van der Waals surface area contributed by atoms with E-state index in [0.29, 0.717) is 32.1 Å². The Balaban J connectivity index is 2.50. The molecule has 0 aromatic carbocycles. The second kappa shape index (κ2) is 12.0. The molecule has 0 bridgehead atoms. The molecule has 1 saturated carbocycles. The van der Waals surface area contributed by atoms with Crippen molar-refractivity contribution in [2.45, 2.75) is 70.2 Å². The van der Waals surface area contributed by atoms with Gasteiger partial charge in [-0.05, 0) is 38.0 Å². The van der Waals surface area contributed by atoms with E-state index in [2.05, 4.69) is 0 Å². The lowest BCUT2D eigenvalue weighted by Crippen LogP contribution is -2.20. The van der Waals surface area contributed by atoms with Crippen LogP contribution in [0.25, 0.3) is 0 Å². The van der Waals surface area contributed by atoms with Gasteiger partial charge in [0.2, 0.25) is 0 Å². The Hall–Kier alpha value is -1.43. The Morgan fingerprint density at radius 3 is 2.60 bits per heavy atom. The zero-order valence-corrected chi connectivity index (χ0v) is 15.0. The van der Waals surface area contributed by atoms with Gasteiger partial charge in [0.25, 0.3) is 0 Å². The highest BCUT2D eigenvalue weighted by Crippen LogP contribution is 2.36. The van der Waals surface area contributed by atoms with Crippen LogP contribution in [-0.4, -0.2) is 44.7 Å². The largest absolute Gasteiger partial charge is 0.481 e. The average Bonchev–Trinajstić information content (AvgIpc) is 2.82. The third-order valence-electron chi connectivity index (χ3n) is 4.59. The fourth-order valence-corrected chi connectivity index (χ4v) is 3.19. The number of aliphatic hydroxyl groups is 3. The van der Waals surface area contributed by atoms with Crippen molar-refractivity contribution in [1.29, 1.82) is 0 Å². The summed E-state index contributed by atoms with van der Waals surface area (Å²) in [5.74, 6) is -1.05. The summed E-state index contributed by atoms with van der Waals surface area (Å²) in [6.45, 7) is 2.04. The molecule has 142 valence electrons. The third-order valence-corrected chi connectivity index (χ3v) is 4.59. The maximum absolute atomic E-state index is 10.5. The summed E-state index contributed by atoms with van der Waals surface area (Å²) in [7, 11) is 0. The van der Waals surface area contributed by atoms with Crippen molar-refractivity contribution in [3.63, 3.8) is 0 Å². The molecule has 5 atom stereocenters. The molecule has 0 aromatic heterocycles. The molecule has 0 heterocycles. The monoisotopic (exact) mass is 352 g/mol. The van der Waals surface area contributed by atoms with Crippen LogP contribution < -0.4 is 0 Å². The molecule has 0 saturated heterocycles. The molecule has 1 rings (SSSR count). The van der Waals surface area contributed by atoms with Crippen LogP contribution in [0.3, 0.4) is 0 Å². The second-order valence-corrected chi connectivity index (χ2v) is 6.67. The van der Waals surface area contributed by atoms with Gasteiger partial charge in [-0.15, -0.1) is 0 Å². The lowest BCUT2D eigenvalue weighted by Gasteiger charge is -2.19. The van der Waals surface area contributed by atoms with Crippen molar-refractivity contribution >= 4 is 5.97 Å². The van der Waals surface area contributed by atoms with Crippen LogP contribution in [0.4, 0.5) is 0 Å². The number of allylic oxidation sites excluding steroid dienone is 3. The zero-order chi connectivity index (χ0) is 18.7. The molecule has 0 aromatic rings. The van der Waals surface area contributed by atoms with Crippen molar-refractivity contribution in [2.24, 2.45) is 11.8 Å². The van der Waals surface area contributed by atoms with Crippen molar-refractivity contribution in [3.05, 3.63) is 36.5 Å². The standard InChI is InChI=1S/C20H32O5/c1-2-3-6-9-15(21)12-13-17-16(18(22)14-19(17)23)10-7-4-5-8-11-20(24)25/h3-4,6-7,12-13,15-19,21-23H,2,5,8-11,14H2,1H3,(H,24,25)/b6-3-,7-4-,13-12+/t15-,16+,17-,18+,19+/m1/s1. The highest BCUT2D eigenvalue weighted by molar-refractivity contribution is 5.66. The lowest BCUT2D eigenvalue weighted by molar-refractivity contribution is -0.137. The molecule has 0 amide bonds. The molecule has 4 N–H and O–H groups in total. The fraction of sp³-hybridized carbons (Fsp3) is 0.650. The van der Waals surface area contributed by atoms with Crippen LogP contribution in [0, 0.1) is 11.8 Å². The number of hydrogen-bond acceptors (Lipinski definition) is 4. The molecule has 5 heteroatoms. The molecule has 0 unspecified atom stereocenters. The molecule has 1 aliphatic rings. The van der Waals surface area contributed by atoms with Gasteiger partial charge in [-0.25, -0.2) is 0 Å². The Labute approximate surface area is 150 Å². The molecule has 25 heavy (non-hydrogen) atoms. The first-order valence-electron chi connectivity index (χ1n) is 9.20. The van der Waals surface area contributed by atoms with Gasteiger partial charge in [-0.2, -0.15) is 0 Å². The first kappa shape index (κ1) is 21.6. The number of unbranched alkanes of at least 4 members (excludes halogenated alkanes) is 1. The van der Waals surface area contributed by atoms with E-state index in [4.69, 9.17) is 5.11 Å². The first-order chi connectivity index (χ1) is 12.0. The van der Waals surface area contributed by atoms with E-state index in [0.717, 1.165) is 6.42 Å². The maximum atomic E-state index is 10.5. The van der Waals surface area contributed by atoms with Crippen LogP contribution >= 0.6 is 0 Å². The summed E-state index contributed by atoms with van der Waals surface area (Å²) in [5.41, 5.74) is 0. The quantitative estimate of drug-likeness (QED) is 0.339. The van der Waals surface area contributed by atoms with Crippen molar-refractivity contribution in [3.8, 4) is 0 Å². The van der Waals surface area contributed by atoms with Gasteiger partial charge >= 0.3 is 5.97 Å². The highest BCUT2D eigenvalue weighted by atomic mass is 16.4. The van der Waals surface area contributed by atoms with Gasteiger partial charge in [0.05, 0.1) is 18.3 Å². The number of aliphatic hydroxyl groups excluding tert-OH is 3. The minimum atomic E-state index is -0.791. The van der Waals surface area contributed by atoms with Gasteiger partial charge in [0, 0.05) is 18.8 Å². The summed E-state index contributed by atoms with van der Waals surface area (Å²) >= 11 is 0. The van der Waals surface area contributed by atoms with Crippen LogP contribution in [0.1, 0.15) is 51.9 Å². The van der Waals surface area contributed by atoms with Crippen molar-refractivity contribution in [1.82, 2.24) is 0 Å². The Morgan fingerprint density at radius 1 is 1.16 bits per heavy atom. The maximum Gasteiger partial charge on any atom is 0.303 e. The number of carbonyl (C=O) groups is 1. The molecular weight excluding hydrogens is 320 g/mol. The van der Waals surface area contributed by atoms with E-state index in [9.17, 15) is 20.1 Å². The average molecular weight is 352 g/mol. The van der Waals surface area contributed by atoms with Crippen LogP contribution in [0.15, 0.2) is 36.5 Å². The normalized spacial score (nSPS) is 28.5. The van der Waals surface area contributed by atoms with E-state index in [1.165, 1.54) is 0 Å². The van der Waals surface area contributed by atoms with Gasteiger partial charge < -0.3 is 20.4 Å². The predicted molar refractivity (Wildman–Crippen MR) is 98.0 cm³/mol. The predicted octanol–water partition coefficient (Wildman–Crippen LogP) is 2.82. The fourth-order valence-electron chi connectivity index (χ4n) is 3.19. The molecule has 1 fully saturated rings. The van der Waals surface area contributed by atoms with Gasteiger partial charge in [0.1, 0.15) is 0 Å². The van der Waals surface area contributed by atoms with E-state index in [1.807, 2.05) is 37.3 Å². The topological polar surface area (TPSA) is 98.0 Å². The number of hydrogen-bond donors (Lipinski definition) is 4. The van der Waals surface area contributed by atoms with Crippen molar-refractivity contribution < 1.29 is 25.2 Å². The first-order valence-corrected chi connectivity index (χ1v) is 9.20. The molecule has 1 aliphatic carbocycles. The zero-order valence-electron chi connectivity index (χ0n) is 15.0. The molecule has 0 aliphatic heterocycles. The van der Waals surface area contributed by atoms with Crippen LogP contribution in [0.5, 0.6) is 0 Å². The van der Waals surface area contributed by atoms with Crippen molar-refractivity contribution in [2.75, 3.05) is 0 Å². The van der Waals surface area contributed by atoms with E-state index < -0.39 is 24.3 Å². The summed E-state index contributed by atoms with van der Waals surface area (Å²) < 4.78 is 0. The third kappa shape index (κ3) is 8.47. The van der Waals surface area contributed by atoms with Gasteiger partial charge in [0.15, 0.2) is 0 Å². The summed E-state index contributed by atoms with van der Waals surface area (Å²) in [4.78, 5) is 10.5. The van der Waals surface area contributed by atoms with Gasteiger partial charge in [-0.1, -0.05) is 43.4 Å². The molecule has 0 radical (unpaired) electrons. The van der Waals surface area contributed by atoms with Crippen LogP contribution in [-0.2, 0) is 4.79 Å². The minimum absolute atomic E-state index is 0.0830. The highest BCUT2D eigenvalue weighted by Gasteiger charge is 2.39.